The molecule has 0 radical (unpaired) electrons. The van der Waals surface area contributed by atoms with Gasteiger partial charge in [-0.2, -0.15) is 0 Å². The summed E-state index contributed by atoms with van der Waals surface area (Å²) in [5, 5.41) is 13.1. The second-order valence-corrected chi connectivity index (χ2v) is 4.30. The molecule has 0 fully saturated rings. The van der Waals surface area contributed by atoms with Crippen molar-refractivity contribution < 1.29 is 9.50 Å². The number of aromatic hydroxyl groups is 1. The summed E-state index contributed by atoms with van der Waals surface area (Å²) in [4.78, 5) is 4.07. The third kappa shape index (κ3) is 2.90. The van der Waals surface area contributed by atoms with Crippen LogP contribution >= 0.6 is 11.6 Å². The molecule has 3 nitrogen and oxygen atoms in total. The number of aromatic nitrogens is 1. The average molecular weight is 267 g/mol. The van der Waals surface area contributed by atoms with Crippen LogP contribution in [0.25, 0.3) is 0 Å². The van der Waals surface area contributed by atoms with Crippen LogP contribution in [0.5, 0.6) is 5.75 Å². The lowest BCUT2D eigenvalue weighted by Gasteiger charge is -2.16. The maximum atomic E-state index is 13.1. The molecule has 1 aromatic heterocycles. The van der Waals surface area contributed by atoms with Crippen molar-refractivity contribution in [3.8, 4) is 5.75 Å². The minimum atomic E-state index is -0.393. The highest BCUT2D eigenvalue weighted by atomic mass is 35.5. The lowest BCUT2D eigenvalue weighted by Crippen LogP contribution is -2.08. The van der Waals surface area contributed by atoms with Crippen molar-refractivity contribution in [3.63, 3.8) is 0 Å². The Morgan fingerprint density at radius 2 is 2.11 bits per heavy atom. The van der Waals surface area contributed by atoms with E-state index in [2.05, 4.69) is 10.3 Å². The van der Waals surface area contributed by atoms with Crippen LogP contribution in [0.3, 0.4) is 0 Å². The Morgan fingerprint density at radius 1 is 1.33 bits per heavy atom. The van der Waals surface area contributed by atoms with Crippen LogP contribution in [0.15, 0.2) is 36.4 Å². The highest BCUT2D eigenvalue weighted by molar-refractivity contribution is 6.29. The van der Waals surface area contributed by atoms with Gasteiger partial charge in [-0.15, -0.1) is 0 Å². The second-order valence-electron chi connectivity index (χ2n) is 3.91. The molecule has 0 aliphatic rings. The third-order valence-electron chi connectivity index (χ3n) is 2.54. The summed E-state index contributed by atoms with van der Waals surface area (Å²) in [7, 11) is 0. The number of nitrogens with zero attached hydrogens (tertiary/aromatic N) is 1. The van der Waals surface area contributed by atoms with E-state index in [0.29, 0.717) is 16.5 Å². The summed E-state index contributed by atoms with van der Waals surface area (Å²) in [6.45, 7) is 1.80. The molecule has 0 saturated carbocycles. The van der Waals surface area contributed by atoms with Crippen LogP contribution in [0, 0.1) is 5.82 Å². The largest absolute Gasteiger partial charge is 0.508 e. The maximum absolute atomic E-state index is 13.1. The van der Waals surface area contributed by atoms with Crippen LogP contribution in [-0.2, 0) is 0 Å². The van der Waals surface area contributed by atoms with Gasteiger partial charge in [0, 0.05) is 5.56 Å². The molecule has 0 bridgehead atoms. The van der Waals surface area contributed by atoms with Crippen molar-refractivity contribution in [3.05, 3.63) is 52.9 Å². The Morgan fingerprint density at radius 3 is 2.83 bits per heavy atom. The Bertz CT molecular complexity index is 562. The van der Waals surface area contributed by atoms with Gasteiger partial charge in [-0.3, -0.25) is 0 Å². The van der Waals surface area contributed by atoms with Gasteiger partial charge in [0.15, 0.2) is 0 Å². The molecule has 0 aliphatic heterocycles. The zero-order chi connectivity index (χ0) is 13.1. The van der Waals surface area contributed by atoms with E-state index in [1.807, 2.05) is 0 Å². The standard InChI is InChI=1S/C13H12ClFN2O/c1-8(10-7-9(15)5-6-11(10)18)16-13-4-2-3-12(14)17-13/h2-8,18H,1H3,(H,16,17). The first-order valence-electron chi connectivity index (χ1n) is 5.44. The Balaban J connectivity index is 2.21. The molecule has 18 heavy (non-hydrogen) atoms. The number of rotatable bonds is 3. The quantitative estimate of drug-likeness (QED) is 0.832. The molecule has 0 spiro atoms. The monoisotopic (exact) mass is 266 g/mol. The Labute approximate surface area is 109 Å². The smallest absolute Gasteiger partial charge is 0.131 e. The molecule has 0 saturated heterocycles. The zero-order valence-electron chi connectivity index (χ0n) is 9.69. The van der Waals surface area contributed by atoms with Crippen LogP contribution in [-0.4, -0.2) is 10.1 Å². The first kappa shape index (κ1) is 12.6. The second kappa shape index (κ2) is 5.23. The number of hydrogen-bond acceptors (Lipinski definition) is 3. The number of hydrogen-bond donors (Lipinski definition) is 2. The Hall–Kier alpha value is -1.81. The minimum Gasteiger partial charge on any atom is -0.508 e. The molecule has 2 N–H and O–H groups in total. The lowest BCUT2D eigenvalue weighted by atomic mass is 10.1. The van der Waals surface area contributed by atoms with E-state index >= 15 is 0 Å². The number of nitrogens with one attached hydrogen (secondary N) is 1. The van der Waals surface area contributed by atoms with Gasteiger partial charge in [-0.25, -0.2) is 9.37 Å². The molecular formula is C13H12ClFN2O. The van der Waals surface area contributed by atoms with Crippen LogP contribution < -0.4 is 5.32 Å². The van der Waals surface area contributed by atoms with Gasteiger partial charge >= 0.3 is 0 Å². The molecule has 2 aromatic rings. The predicted molar refractivity (Wildman–Crippen MR) is 69.3 cm³/mol. The first-order chi connectivity index (χ1) is 8.56. The van der Waals surface area contributed by atoms with Gasteiger partial charge in [0.05, 0.1) is 6.04 Å². The van der Waals surface area contributed by atoms with Gasteiger partial charge in [-0.05, 0) is 37.3 Å². The third-order valence-corrected chi connectivity index (χ3v) is 2.75. The average Bonchev–Trinajstić information content (AvgIpc) is 2.32. The van der Waals surface area contributed by atoms with Gasteiger partial charge in [0.1, 0.15) is 22.5 Å². The predicted octanol–water partition coefficient (Wildman–Crippen LogP) is 3.75. The Kier molecular flexibility index (Phi) is 3.67. The highest BCUT2D eigenvalue weighted by Gasteiger charge is 2.11. The number of phenolic OH excluding ortho intramolecular Hbond substituents is 1. The molecule has 1 unspecified atom stereocenters. The van der Waals surface area contributed by atoms with E-state index < -0.39 is 5.82 Å². The summed E-state index contributed by atoms with van der Waals surface area (Å²) >= 11 is 5.77. The van der Waals surface area contributed by atoms with E-state index in [9.17, 15) is 9.50 Å². The molecule has 0 aliphatic carbocycles. The topological polar surface area (TPSA) is 45.2 Å². The summed E-state index contributed by atoms with van der Waals surface area (Å²) < 4.78 is 13.1. The van der Waals surface area contributed by atoms with E-state index in [0.717, 1.165) is 0 Å². The summed E-state index contributed by atoms with van der Waals surface area (Å²) in [6, 6.07) is 8.72. The molecule has 1 atom stereocenters. The fourth-order valence-corrected chi connectivity index (χ4v) is 1.82. The normalized spacial score (nSPS) is 12.2. The molecule has 2 rings (SSSR count). The number of halogens is 2. The van der Waals surface area contributed by atoms with E-state index in [1.54, 1.807) is 25.1 Å². The number of phenols is 1. The van der Waals surface area contributed by atoms with Crippen LogP contribution in [0.2, 0.25) is 5.15 Å². The maximum Gasteiger partial charge on any atom is 0.131 e. The highest BCUT2D eigenvalue weighted by Crippen LogP contribution is 2.27. The molecule has 1 heterocycles. The van der Waals surface area contributed by atoms with Crippen molar-refractivity contribution >= 4 is 17.4 Å². The molecule has 5 heteroatoms. The molecular weight excluding hydrogens is 255 g/mol. The van der Waals surface area contributed by atoms with Crippen molar-refractivity contribution in [1.29, 1.82) is 0 Å². The van der Waals surface area contributed by atoms with E-state index in [-0.39, 0.29) is 11.8 Å². The van der Waals surface area contributed by atoms with Gasteiger partial charge in [-0.1, -0.05) is 17.7 Å². The summed E-state index contributed by atoms with van der Waals surface area (Å²) in [5.74, 6) is 0.215. The summed E-state index contributed by atoms with van der Waals surface area (Å²) in [5.41, 5.74) is 0.469. The number of anilines is 1. The van der Waals surface area contributed by atoms with Crippen molar-refractivity contribution in [1.82, 2.24) is 4.98 Å². The van der Waals surface area contributed by atoms with Gasteiger partial charge in [0.2, 0.25) is 0 Å². The van der Waals surface area contributed by atoms with Gasteiger partial charge in [0.25, 0.3) is 0 Å². The van der Waals surface area contributed by atoms with E-state index in [1.165, 1.54) is 18.2 Å². The van der Waals surface area contributed by atoms with Crippen molar-refractivity contribution in [2.75, 3.05) is 5.32 Å². The zero-order valence-corrected chi connectivity index (χ0v) is 10.4. The van der Waals surface area contributed by atoms with Crippen LogP contribution in [0.1, 0.15) is 18.5 Å². The van der Waals surface area contributed by atoms with Gasteiger partial charge < -0.3 is 10.4 Å². The molecule has 1 aromatic carbocycles. The lowest BCUT2D eigenvalue weighted by molar-refractivity contribution is 0.462. The van der Waals surface area contributed by atoms with Crippen molar-refractivity contribution in [2.24, 2.45) is 0 Å². The summed E-state index contributed by atoms with van der Waals surface area (Å²) in [6.07, 6.45) is 0. The first-order valence-corrected chi connectivity index (χ1v) is 5.81. The van der Waals surface area contributed by atoms with Crippen LogP contribution in [0.4, 0.5) is 10.2 Å². The number of benzene rings is 1. The SMILES string of the molecule is CC(Nc1cccc(Cl)n1)c1cc(F)ccc1O. The fraction of sp³-hybridized carbons (Fsp3) is 0.154. The molecule has 94 valence electrons. The minimum absolute atomic E-state index is 0.0402. The van der Waals surface area contributed by atoms with Crippen molar-refractivity contribution in [2.45, 2.75) is 13.0 Å². The fourth-order valence-electron chi connectivity index (χ4n) is 1.66. The number of pyridine rings is 1. The van der Waals surface area contributed by atoms with E-state index in [4.69, 9.17) is 11.6 Å². The molecule has 0 amide bonds.